The van der Waals surface area contributed by atoms with Crippen LogP contribution in [0.15, 0.2) is 11.4 Å². The van der Waals surface area contributed by atoms with Crippen molar-refractivity contribution in [3.05, 3.63) is 33.7 Å². The van der Waals surface area contributed by atoms with Crippen molar-refractivity contribution in [2.75, 3.05) is 0 Å². The van der Waals surface area contributed by atoms with Crippen LogP contribution in [0.3, 0.4) is 0 Å². The Morgan fingerprint density at radius 3 is 1.71 bits per heavy atom. The van der Waals surface area contributed by atoms with Gasteiger partial charge in [0, 0.05) is 4.70 Å². The van der Waals surface area contributed by atoms with Crippen molar-refractivity contribution in [1.29, 1.82) is 0 Å². The van der Waals surface area contributed by atoms with E-state index in [0.29, 0.717) is 0 Å². The molecule has 116 valence electrons. The fourth-order valence-electron chi connectivity index (χ4n) is 3.60. The first-order valence-corrected chi connectivity index (χ1v) is 9.68. The molecule has 0 nitrogen and oxygen atoms in total. The number of benzene rings is 1. The van der Waals surface area contributed by atoms with Gasteiger partial charge in [-0.15, -0.1) is 11.3 Å². The summed E-state index contributed by atoms with van der Waals surface area (Å²) in [6.45, 7) is 9.27. The molecule has 0 saturated heterocycles. The molecule has 0 aliphatic rings. The maximum Gasteiger partial charge on any atom is 0.0380 e. The summed E-state index contributed by atoms with van der Waals surface area (Å²) >= 11 is 1.96. The van der Waals surface area contributed by atoms with E-state index in [1.807, 2.05) is 11.3 Å². The number of rotatable bonds is 8. The number of hydrogen-bond donors (Lipinski definition) is 0. The molecule has 1 aromatic heterocycles. The Morgan fingerprint density at radius 1 is 0.667 bits per heavy atom. The molecule has 0 saturated carbocycles. The van der Waals surface area contributed by atoms with Crippen LogP contribution in [-0.4, -0.2) is 0 Å². The van der Waals surface area contributed by atoms with E-state index < -0.39 is 0 Å². The lowest BCUT2D eigenvalue weighted by atomic mass is 9.85. The highest BCUT2D eigenvalue weighted by Crippen LogP contribution is 2.37. The predicted molar refractivity (Wildman–Crippen MR) is 97.8 cm³/mol. The Hall–Kier alpha value is -0.820. The van der Waals surface area contributed by atoms with Crippen molar-refractivity contribution >= 4 is 21.4 Å². The van der Waals surface area contributed by atoms with Crippen molar-refractivity contribution in [1.82, 2.24) is 0 Å². The zero-order chi connectivity index (χ0) is 15.2. The van der Waals surface area contributed by atoms with E-state index in [9.17, 15) is 0 Å². The Balaban J connectivity index is 2.74. The minimum atomic E-state index is 1.24. The van der Waals surface area contributed by atoms with Gasteiger partial charge in [0.15, 0.2) is 0 Å². The molecule has 21 heavy (non-hydrogen) atoms. The summed E-state index contributed by atoms with van der Waals surface area (Å²) < 4.78 is 1.59. The maximum atomic E-state index is 2.37. The summed E-state index contributed by atoms with van der Waals surface area (Å²) in [5.41, 5.74) is 6.75. The Kier molecular flexibility index (Phi) is 6.29. The lowest BCUT2D eigenvalue weighted by molar-refractivity contribution is 0.811. The van der Waals surface area contributed by atoms with Crippen molar-refractivity contribution in [3.8, 4) is 0 Å². The van der Waals surface area contributed by atoms with Crippen molar-refractivity contribution in [3.63, 3.8) is 0 Å². The molecule has 1 heterocycles. The molecule has 2 rings (SSSR count). The van der Waals surface area contributed by atoms with Gasteiger partial charge < -0.3 is 0 Å². The van der Waals surface area contributed by atoms with Crippen LogP contribution >= 0.6 is 11.3 Å². The van der Waals surface area contributed by atoms with E-state index in [-0.39, 0.29) is 0 Å². The van der Waals surface area contributed by atoms with Gasteiger partial charge in [-0.25, -0.2) is 0 Å². The van der Waals surface area contributed by atoms with Gasteiger partial charge in [-0.3, -0.25) is 0 Å². The summed E-state index contributed by atoms with van der Waals surface area (Å²) in [6, 6.07) is 2.37. The SMILES string of the molecule is CCCc1c(CCC)c(CCC)c2sccc2c1CCC. The topological polar surface area (TPSA) is 0 Å². The number of fused-ring (bicyclic) bond motifs is 1. The largest absolute Gasteiger partial charge is 0.144 e. The molecule has 0 bridgehead atoms. The van der Waals surface area contributed by atoms with Crippen molar-refractivity contribution < 1.29 is 0 Å². The molecule has 1 aromatic carbocycles. The molecule has 0 spiro atoms. The van der Waals surface area contributed by atoms with E-state index in [1.165, 1.54) is 51.4 Å². The zero-order valence-electron chi connectivity index (χ0n) is 14.2. The van der Waals surface area contributed by atoms with Gasteiger partial charge in [-0.2, -0.15) is 0 Å². The molecule has 0 aliphatic carbocycles. The molecule has 0 fully saturated rings. The monoisotopic (exact) mass is 302 g/mol. The molecule has 0 atom stereocenters. The highest BCUT2D eigenvalue weighted by Gasteiger charge is 2.18. The van der Waals surface area contributed by atoms with Gasteiger partial charge in [-0.05, 0) is 64.8 Å². The van der Waals surface area contributed by atoms with Crippen LogP contribution in [0, 0.1) is 0 Å². The van der Waals surface area contributed by atoms with Crippen LogP contribution in [0.25, 0.3) is 10.1 Å². The highest BCUT2D eigenvalue weighted by molar-refractivity contribution is 7.17. The number of aryl methyl sites for hydroxylation is 2. The van der Waals surface area contributed by atoms with E-state index in [1.54, 1.807) is 32.3 Å². The van der Waals surface area contributed by atoms with Crippen molar-refractivity contribution in [2.24, 2.45) is 0 Å². The summed E-state index contributed by atoms with van der Waals surface area (Å²) in [5.74, 6) is 0. The van der Waals surface area contributed by atoms with Gasteiger partial charge >= 0.3 is 0 Å². The Morgan fingerprint density at radius 2 is 1.14 bits per heavy atom. The van der Waals surface area contributed by atoms with Gasteiger partial charge in [0.05, 0.1) is 0 Å². The average molecular weight is 303 g/mol. The molecule has 0 aliphatic heterocycles. The maximum absolute atomic E-state index is 2.37. The minimum absolute atomic E-state index is 1.24. The van der Waals surface area contributed by atoms with E-state index in [0.717, 1.165) is 0 Å². The standard InChI is InChI=1S/C20H30S/c1-5-9-15-16(10-6-2)18(12-8-4)20-19(13-14-21-20)17(15)11-7-3/h13-14H,5-12H2,1-4H3. The summed E-state index contributed by atoms with van der Waals surface area (Å²) in [7, 11) is 0. The first-order chi connectivity index (χ1) is 10.3. The molecule has 2 aromatic rings. The van der Waals surface area contributed by atoms with Crippen LogP contribution in [0.1, 0.15) is 75.6 Å². The summed E-state index contributed by atoms with van der Waals surface area (Å²) in [4.78, 5) is 0. The summed E-state index contributed by atoms with van der Waals surface area (Å²) in [6.07, 6.45) is 10.0. The zero-order valence-corrected chi connectivity index (χ0v) is 15.0. The second-order valence-electron chi connectivity index (χ2n) is 6.08. The fourth-order valence-corrected chi connectivity index (χ4v) is 4.62. The molecule has 0 unspecified atom stereocenters. The quantitative estimate of drug-likeness (QED) is 0.508. The third-order valence-electron chi connectivity index (χ3n) is 4.36. The third-order valence-corrected chi connectivity index (χ3v) is 5.33. The lowest BCUT2D eigenvalue weighted by Gasteiger charge is -2.20. The van der Waals surface area contributed by atoms with E-state index in [4.69, 9.17) is 0 Å². The summed E-state index contributed by atoms with van der Waals surface area (Å²) in [5, 5.41) is 3.86. The number of thiophene rings is 1. The predicted octanol–water partition coefficient (Wildman–Crippen LogP) is 6.71. The Labute approximate surface area is 134 Å². The fraction of sp³-hybridized carbons (Fsp3) is 0.600. The third kappa shape index (κ3) is 3.34. The average Bonchev–Trinajstić information content (AvgIpc) is 2.95. The molecular formula is C20H30S. The van der Waals surface area contributed by atoms with Gasteiger partial charge in [-0.1, -0.05) is 53.4 Å². The van der Waals surface area contributed by atoms with Crippen molar-refractivity contribution in [2.45, 2.75) is 79.1 Å². The normalized spacial score (nSPS) is 11.4. The minimum Gasteiger partial charge on any atom is -0.144 e. The van der Waals surface area contributed by atoms with Gasteiger partial charge in [0.25, 0.3) is 0 Å². The van der Waals surface area contributed by atoms with Crippen LogP contribution in [0.4, 0.5) is 0 Å². The molecule has 0 radical (unpaired) electrons. The molecule has 0 amide bonds. The van der Waals surface area contributed by atoms with Crippen LogP contribution in [0.2, 0.25) is 0 Å². The molecule has 1 heteroatoms. The van der Waals surface area contributed by atoms with Crippen LogP contribution in [0.5, 0.6) is 0 Å². The Bertz CT molecular complexity index is 527. The molecule has 0 N–H and O–H groups in total. The van der Waals surface area contributed by atoms with Gasteiger partial charge in [0.1, 0.15) is 0 Å². The van der Waals surface area contributed by atoms with E-state index in [2.05, 4.69) is 39.1 Å². The number of hydrogen-bond acceptors (Lipinski definition) is 1. The molecular weight excluding hydrogens is 272 g/mol. The second-order valence-corrected chi connectivity index (χ2v) is 6.99. The second kappa shape index (κ2) is 7.98. The lowest BCUT2D eigenvalue weighted by Crippen LogP contribution is -2.06. The first kappa shape index (κ1) is 16.5. The highest BCUT2D eigenvalue weighted by atomic mass is 32.1. The van der Waals surface area contributed by atoms with Crippen LogP contribution in [-0.2, 0) is 25.7 Å². The smallest absolute Gasteiger partial charge is 0.0380 e. The first-order valence-electron chi connectivity index (χ1n) is 8.80. The van der Waals surface area contributed by atoms with Gasteiger partial charge in [0.2, 0.25) is 0 Å². The van der Waals surface area contributed by atoms with Crippen LogP contribution < -0.4 is 0 Å². The van der Waals surface area contributed by atoms with E-state index >= 15 is 0 Å².